The molecular weight excluding hydrogens is 323 g/mol. The highest BCUT2D eigenvalue weighted by Crippen LogP contribution is 2.20. The zero-order chi connectivity index (χ0) is 12.3. The van der Waals surface area contributed by atoms with Crippen LogP contribution in [0.15, 0.2) is 6.07 Å². The van der Waals surface area contributed by atoms with Crippen molar-refractivity contribution >= 4 is 40.3 Å². The molecule has 16 heavy (non-hydrogen) atoms. The van der Waals surface area contributed by atoms with E-state index in [9.17, 15) is 9.59 Å². The quantitative estimate of drug-likeness (QED) is 0.661. The Kier molecular flexibility index (Phi) is 4.22. The van der Waals surface area contributed by atoms with Gasteiger partial charge in [0, 0.05) is 6.92 Å². The summed E-state index contributed by atoms with van der Waals surface area (Å²) in [5.74, 6) is -0.175. The average Bonchev–Trinajstić information content (AvgIpc) is 2.21. The van der Waals surface area contributed by atoms with E-state index in [1.165, 1.54) is 14.0 Å². The van der Waals surface area contributed by atoms with E-state index >= 15 is 0 Å². The summed E-state index contributed by atoms with van der Waals surface area (Å²) in [7, 11) is 1.32. The summed E-state index contributed by atoms with van der Waals surface area (Å²) in [6.45, 7) is 3.09. The molecule has 0 aliphatic carbocycles. The molecule has 0 saturated carbocycles. The van der Waals surface area contributed by atoms with Crippen LogP contribution in [-0.4, -0.2) is 24.0 Å². The van der Waals surface area contributed by atoms with E-state index < -0.39 is 5.97 Å². The Balaban J connectivity index is 3.16. The second-order valence-corrected chi connectivity index (χ2v) is 4.29. The first-order valence-electron chi connectivity index (χ1n) is 4.48. The molecule has 0 atom stereocenters. The molecule has 1 heterocycles. The SMILES string of the molecule is COC(=O)c1cc(I)c(NC(C)=O)nc1C. The van der Waals surface area contributed by atoms with Crippen LogP contribution >= 0.6 is 22.6 Å². The predicted octanol–water partition coefficient (Wildman–Crippen LogP) is 1.74. The Morgan fingerprint density at radius 1 is 1.50 bits per heavy atom. The summed E-state index contributed by atoms with van der Waals surface area (Å²) >= 11 is 2.00. The van der Waals surface area contributed by atoms with Crippen LogP contribution in [0.4, 0.5) is 5.82 Å². The van der Waals surface area contributed by atoms with Gasteiger partial charge in [0.15, 0.2) is 0 Å². The highest BCUT2D eigenvalue weighted by molar-refractivity contribution is 14.1. The number of esters is 1. The summed E-state index contributed by atoms with van der Waals surface area (Å²) in [5.41, 5.74) is 0.928. The van der Waals surface area contributed by atoms with Crippen LogP contribution in [-0.2, 0) is 9.53 Å². The lowest BCUT2D eigenvalue weighted by atomic mass is 10.2. The molecule has 0 radical (unpaired) electrons. The van der Waals surface area contributed by atoms with Gasteiger partial charge in [-0.3, -0.25) is 4.79 Å². The minimum absolute atomic E-state index is 0.198. The molecule has 1 aromatic rings. The van der Waals surface area contributed by atoms with Crippen molar-refractivity contribution in [1.29, 1.82) is 0 Å². The fraction of sp³-hybridized carbons (Fsp3) is 0.300. The maximum absolute atomic E-state index is 11.4. The molecule has 0 aliphatic rings. The van der Waals surface area contributed by atoms with Crippen molar-refractivity contribution in [3.8, 4) is 0 Å². The number of nitrogens with zero attached hydrogens (tertiary/aromatic N) is 1. The van der Waals surface area contributed by atoms with Crippen molar-refractivity contribution in [2.75, 3.05) is 12.4 Å². The summed E-state index contributed by atoms with van der Waals surface area (Å²) in [4.78, 5) is 26.4. The molecule has 0 aromatic carbocycles. The lowest BCUT2D eigenvalue weighted by Gasteiger charge is -2.08. The first-order valence-corrected chi connectivity index (χ1v) is 5.56. The first kappa shape index (κ1) is 12.9. The van der Waals surface area contributed by atoms with E-state index in [4.69, 9.17) is 0 Å². The van der Waals surface area contributed by atoms with Crippen LogP contribution in [0.3, 0.4) is 0 Å². The molecule has 86 valence electrons. The summed E-state index contributed by atoms with van der Waals surface area (Å²) in [6.07, 6.45) is 0. The third-order valence-corrected chi connectivity index (χ3v) is 2.69. The van der Waals surface area contributed by atoms with Crippen molar-refractivity contribution in [3.05, 3.63) is 20.9 Å². The second-order valence-electron chi connectivity index (χ2n) is 3.12. The number of methoxy groups -OCH3 is 1. The Bertz CT molecular complexity index is 446. The largest absolute Gasteiger partial charge is 0.465 e. The van der Waals surface area contributed by atoms with Gasteiger partial charge in [-0.25, -0.2) is 9.78 Å². The molecule has 0 aliphatic heterocycles. The predicted molar refractivity (Wildman–Crippen MR) is 67.3 cm³/mol. The number of rotatable bonds is 2. The normalized spacial score (nSPS) is 9.75. The lowest BCUT2D eigenvalue weighted by Crippen LogP contribution is -2.12. The summed E-state index contributed by atoms with van der Waals surface area (Å²) < 4.78 is 5.32. The first-order chi connectivity index (χ1) is 7.45. The van der Waals surface area contributed by atoms with Gasteiger partial charge in [0.2, 0.25) is 5.91 Å². The van der Waals surface area contributed by atoms with Crippen molar-refractivity contribution in [2.45, 2.75) is 13.8 Å². The molecule has 1 N–H and O–H groups in total. The van der Waals surface area contributed by atoms with Crippen LogP contribution in [0.2, 0.25) is 0 Å². The number of aromatic nitrogens is 1. The molecule has 0 bridgehead atoms. The number of pyridine rings is 1. The Labute approximate surface area is 107 Å². The number of nitrogens with one attached hydrogen (secondary N) is 1. The average molecular weight is 334 g/mol. The van der Waals surface area contributed by atoms with Gasteiger partial charge in [-0.2, -0.15) is 0 Å². The number of carbonyl (C=O) groups excluding carboxylic acids is 2. The van der Waals surface area contributed by atoms with Crippen LogP contribution < -0.4 is 5.32 Å². The van der Waals surface area contributed by atoms with E-state index in [2.05, 4.69) is 15.0 Å². The Morgan fingerprint density at radius 3 is 2.62 bits per heavy atom. The zero-order valence-electron chi connectivity index (χ0n) is 9.13. The molecule has 0 fully saturated rings. The second kappa shape index (κ2) is 5.24. The van der Waals surface area contributed by atoms with Crippen LogP contribution in [0.25, 0.3) is 0 Å². The van der Waals surface area contributed by atoms with Gasteiger partial charge in [-0.15, -0.1) is 0 Å². The summed E-state index contributed by atoms with van der Waals surface area (Å²) in [6, 6.07) is 1.64. The number of halogens is 1. The number of aryl methyl sites for hydroxylation is 1. The molecule has 1 rings (SSSR count). The van der Waals surface area contributed by atoms with Gasteiger partial charge in [0.05, 0.1) is 21.9 Å². The van der Waals surface area contributed by atoms with Crippen LogP contribution in [0.5, 0.6) is 0 Å². The number of amides is 1. The minimum Gasteiger partial charge on any atom is -0.465 e. The molecule has 5 nitrogen and oxygen atoms in total. The van der Waals surface area contributed by atoms with Crippen LogP contribution in [0, 0.1) is 10.5 Å². The van der Waals surface area contributed by atoms with Gasteiger partial charge < -0.3 is 10.1 Å². The van der Waals surface area contributed by atoms with Gasteiger partial charge in [-0.1, -0.05) is 0 Å². The molecule has 6 heteroatoms. The third kappa shape index (κ3) is 2.91. The van der Waals surface area contributed by atoms with Crippen molar-refractivity contribution in [1.82, 2.24) is 4.98 Å². The Hall–Kier alpha value is -1.18. The smallest absolute Gasteiger partial charge is 0.339 e. The van der Waals surface area contributed by atoms with Gasteiger partial charge in [-0.05, 0) is 35.6 Å². The number of hydrogen-bond donors (Lipinski definition) is 1. The van der Waals surface area contributed by atoms with Crippen molar-refractivity contribution < 1.29 is 14.3 Å². The molecule has 0 spiro atoms. The van der Waals surface area contributed by atoms with Crippen molar-refractivity contribution in [3.63, 3.8) is 0 Å². The van der Waals surface area contributed by atoms with Gasteiger partial charge in [0.1, 0.15) is 5.82 Å². The lowest BCUT2D eigenvalue weighted by molar-refractivity contribution is -0.114. The fourth-order valence-electron chi connectivity index (χ4n) is 1.15. The highest BCUT2D eigenvalue weighted by atomic mass is 127. The molecule has 1 aromatic heterocycles. The molecular formula is C10H11IN2O3. The minimum atomic E-state index is -0.433. The van der Waals surface area contributed by atoms with Crippen LogP contribution in [0.1, 0.15) is 23.0 Å². The van der Waals surface area contributed by atoms with E-state index in [1.807, 2.05) is 22.6 Å². The highest BCUT2D eigenvalue weighted by Gasteiger charge is 2.14. The number of anilines is 1. The van der Waals surface area contributed by atoms with Gasteiger partial charge >= 0.3 is 5.97 Å². The maximum atomic E-state index is 11.4. The van der Waals surface area contributed by atoms with Crippen molar-refractivity contribution in [2.24, 2.45) is 0 Å². The summed E-state index contributed by atoms with van der Waals surface area (Å²) in [5, 5.41) is 2.59. The third-order valence-electron chi connectivity index (χ3n) is 1.87. The molecule has 1 amide bonds. The molecule has 0 unspecified atom stereocenters. The van der Waals surface area contributed by atoms with Gasteiger partial charge in [0.25, 0.3) is 0 Å². The van der Waals surface area contributed by atoms with E-state index in [-0.39, 0.29) is 5.91 Å². The number of ether oxygens (including phenoxy) is 1. The molecule has 0 saturated heterocycles. The maximum Gasteiger partial charge on any atom is 0.339 e. The van der Waals surface area contributed by atoms with E-state index in [1.54, 1.807) is 13.0 Å². The van der Waals surface area contributed by atoms with E-state index in [0.717, 1.165) is 0 Å². The monoisotopic (exact) mass is 334 g/mol. The zero-order valence-corrected chi connectivity index (χ0v) is 11.3. The number of carbonyl (C=O) groups is 2. The standard InChI is InChI=1S/C10H11IN2O3/c1-5-7(10(15)16-3)4-8(11)9(12-5)13-6(2)14/h4H,1-3H3,(H,12,13,14). The van der Waals surface area contributed by atoms with E-state index in [0.29, 0.717) is 20.6 Å². The topological polar surface area (TPSA) is 68.3 Å². The fourth-order valence-corrected chi connectivity index (χ4v) is 1.72. The number of hydrogen-bond acceptors (Lipinski definition) is 4. The Morgan fingerprint density at radius 2 is 2.12 bits per heavy atom.